The largest absolute Gasteiger partial charge is 0.481 e. The van der Waals surface area contributed by atoms with Crippen molar-refractivity contribution in [3.05, 3.63) is 0 Å². The summed E-state index contributed by atoms with van der Waals surface area (Å²) >= 11 is 0. The quantitative estimate of drug-likeness (QED) is 0.596. The maximum Gasteiger partial charge on any atom is 0.314 e. The Morgan fingerprint density at radius 2 is 1.95 bits per heavy atom. The molecule has 0 aromatic carbocycles. The molecule has 1 aliphatic carbocycles. The molecule has 21 heavy (non-hydrogen) atoms. The molecule has 0 aromatic heterocycles. The molecular formula is C14H23N3O4. The molecule has 0 spiro atoms. The molecule has 2 rings (SSSR count). The lowest BCUT2D eigenvalue weighted by atomic mass is 9.74. The third kappa shape index (κ3) is 4.09. The molecule has 4 N–H and O–H groups in total. The highest BCUT2D eigenvalue weighted by Gasteiger charge is 2.39. The minimum Gasteiger partial charge on any atom is -0.481 e. The lowest BCUT2D eigenvalue weighted by molar-refractivity contribution is -0.150. The molecule has 1 saturated carbocycles. The Morgan fingerprint density at radius 3 is 2.52 bits per heavy atom. The van der Waals surface area contributed by atoms with Crippen molar-refractivity contribution >= 4 is 17.9 Å². The van der Waals surface area contributed by atoms with Crippen LogP contribution in [-0.4, -0.2) is 42.1 Å². The van der Waals surface area contributed by atoms with Gasteiger partial charge in [0.25, 0.3) is 0 Å². The number of urea groups is 1. The fourth-order valence-electron chi connectivity index (χ4n) is 3.05. The molecule has 7 nitrogen and oxygen atoms in total. The number of carbonyl (C=O) groups is 3. The van der Waals surface area contributed by atoms with Crippen LogP contribution >= 0.6 is 0 Å². The Bertz CT molecular complexity index is 418. The van der Waals surface area contributed by atoms with Gasteiger partial charge in [-0.25, -0.2) is 4.79 Å². The summed E-state index contributed by atoms with van der Waals surface area (Å²) in [6.45, 7) is 0.531. The van der Waals surface area contributed by atoms with Crippen molar-refractivity contribution in [1.29, 1.82) is 0 Å². The van der Waals surface area contributed by atoms with Crippen LogP contribution in [0.15, 0.2) is 0 Å². The zero-order valence-corrected chi connectivity index (χ0v) is 12.1. The van der Waals surface area contributed by atoms with Crippen molar-refractivity contribution in [2.45, 2.75) is 51.0 Å². The summed E-state index contributed by atoms with van der Waals surface area (Å²) in [6, 6.07) is -0.395. The highest BCUT2D eigenvalue weighted by atomic mass is 16.4. The molecule has 3 amide bonds. The fraction of sp³-hybridized carbons (Fsp3) is 0.786. The maximum atomic E-state index is 11.8. The third-order valence-corrected chi connectivity index (χ3v) is 4.45. The van der Waals surface area contributed by atoms with Crippen LogP contribution in [-0.2, 0) is 9.59 Å². The van der Waals surface area contributed by atoms with E-state index < -0.39 is 11.4 Å². The summed E-state index contributed by atoms with van der Waals surface area (Å²) in [5, 5.41) is 17.5. The minimum absolute atomic E-state index is 0.00856. The Balaban J connectivity index is 1.74. The molecule has 1 atom stereocenters. The first-order valence-electron chi connectivity index (χ1n) is 7.56. The number of hydrogen-bond acceptors (Lipinski definition) is 3. The fourth-order valence-corrected chi connectivity index (χ4v) is 3.05. The van der Waals surface area contributed by atoms with E-state index in [2.05, 4.69) is 16.0 Å². The van der Waals surface area contributed by atoms with Crippen molar-refractivity contribution < 1.29 is 19.5 Å². The number of rotatable bonds is 5. The molecule has 1 saturated heterocycles. The molecule has 2 fully saturated rings. The van der Waals surface area contributed by atoms with Crippen molar-refractivity contribution in [3.8, 4) is 0 Å². The van der Waals surface area contributed by atoms with Crippen LogP contribution in [0.3, 0.4) is 0 Å². The van der Waals surface area contributed by atoms with E-state index >= 15 is 0 Å². The number of nitrogens with one attached hydrogen (secondary N) is 3. The Morgan fingerprint density at radius 1 is 1.24 bits per heavy atom. The molecule has 2 aliphatic rings. The summed E-state index contributed by atoms with van der Waals surface area (Å²) in [5.74, 6) is -0.820. The van der Waals surface area contributed by atoms with Gasteiger partial charge in [0, 0.05) is 25.6 Å². The summed E-state index contributed by atoms with van der Waals surface area (Å²) < 4.78 is 0. The summed E-state index contributed by atoms with van der Waals surface area (Å²) in [6.07, 6.45) is 5.28. The van der Waals surface area contributed by atoms with E-state index in [4.69, 9.17) is 0 Å². The van der Waals surface area contributed by atoms with Crippen molar-refractivity contribution in [3.63, 3.8) is 0 Å². The Labute approximate surface area is 123 Å². The molecule has 1 aliphatic heterocycles. The first kappa shape index (κ1) is 15.6. The van der Waals surface area contributed by atoms with Crippen LogP contribution in [0.25, 0.3) is 0 Å². The van der Waals surface area contributed by atoms with E-state index in [1.165, 1.54) is 0 Å². The van der Waals surface area contributed by atoms with Gasteiger partial charge in [-0.1, -0.05) is 19.3 Å². The highest BCUT2D eigenvalue weighted by Crippen LogP contribution is 2.35. The second kappa shape index (κ2) is 6.78. The molecule has 7 heteroatoms. The van der Waals surface area contributed by atoms with E-state index in [0.29, 0.717) is 25.8 Å². The molecule has 118 valence electrons. The van der Waals surface area contributed by atoms with E-state index in [0.717, 1.165) is 25.7 Å². The van der Waals surface area contributed by atoms with Crippen molar-refractivity contribution in [2.24, 2.45) is 5.41 Å². The van der Waals surface area contributed by atoms with Crippen LogP contribution in [0.4, 0.5) is 4.79 Å². The smallest absolute Gasteiger partial charge is 0.314 e. The average Bonchev–Trinajstić information content (AvgIpc) is 2.89. The second-order valence-corrected chi connectivity index (χ2v) is 6.01. The number of carboxylic acid groups (broad SMARTS) is 1. The van der Waals surface area contributed by atoms with Gasteiger partial charge in [-0.05, 0) is 19.3 Å². The Kier molecular flexibility index (Phi) is 5.03. The zero-order chi connectivity index (χ0) is 15.3. The Hall–Kier alpha value is -1.79. The minimum atomic E-state index is -0.828. The lowest BCUT2D eigenvalue weighted by Crippen LogP contribution is -2.49. The van der Waals surface area contributed by atoms with Gasteiger partial charge in [-0.15, -0.1) is 0 Å². The van der Waals surface area contributed by atoms with Gasteiger partial charge in [0.15, 0.2) is 0 Å². The van der Waals surface area contributed by atoms with Gasteiger partial charge in [-0.2, -0.15) is 0 Å². The van der Waals surface area contributed by atoms with Crippen LogP contribution in [0, 0.1) is 5.41 Å². The number of carboxylic acids is 1. The number of amides is 3. The second-order valence-electron chi connectivity index (χ2n) is 6.01. The maximum absolute atomic E-state index is 11.8. The first-order valence-corrected chi connectivity index (χ1v) is 7.56. The predicted molar refractivity (Wildman–Crippen MR) is 75.7 cm³/mol. The van der Waals surface area contributed by atoms with Crippen LogP contribution in [0.2, 0.25) is 0 Å². The van der Waals surface area contributed by atoms with Crippen LogP contribution in [0.5, 0.6) is 0 Å². The highest BCUT2D eigenvalue weighted by molar-refractivity contribution is 5.79. The molecule has 1 unspecified atom stereocenters. The lowest BCUT2D eigenvalue weighted by Gasteiger charge is -2.33. The summed E-state index contributed by atoms with van der Waals surface area (Å²) in [4.78, 5) is 34.3. The van der Waals surface area contributed by atoms with Gasteiger partial charge in [0.2, 0.25) is 5.91 Å². The third-order valence-electron chi connectivity index (χ3n) is 4.45. The molecular weight excluding hydrogens is 274 g/mol. The van der Waals surface area contributed by atoms with Gasteiger partial charge in [-0.3, -0.25) is 9.59 Å². The topological polar surface area (TPSA) is 108 Å². The number of hydrogen-bond donors (Lipinski definition) is 4. The molecule has 0 bridgehead atoms. The van der Waals surface area contributed by atoms with Gasteiger partial charge in [0.1, 0.15) is 0 Å². The monoisotopic (exact) mass is 297 g/mol. The number of carbonyl (C=O) groups excluding carboxylic acids is 2. The summed E-state index contributed by atoms with van der Waals surface area (Å²) in [7, 11) is 0. The zero-order valence-electron chi connectivity index (χ0n) is 12.1. The summed E-state index contributed by atoms with van der Waals surface area (Å²) in [5.41, 5.74) is -0.822. The molecule has 0 aromatic rings. The van der Waals surface area contributed by atoms with E-state index in [1.807, 2.05) is 0 Å². The SMILES string of the molecule is O=C1CCC(CNC(=O)NCC2(C(=O)O)CCCCC2)N1. The van der Waals surface area contributed by atoms with Gasteiger partial charge < -0.3 is 21.1 Å². The molecule has 0 radical (unpaired) electrons. The average molecular weight is 297 g/mol. The van der Waals surface area contributed by atoms with Crippen LogP contribution < -0.4 is 16.0 Å². The van der Waals surface area contributed by atoms with Gasteiger partial charge in [0.05, 0.1) is 5.41 Å². The molecule has 1 heterocycles. The number of aliphatic carboxylic acids is 1. The van der Waals surface area contributed by atoms with Crippen molar-refractivity contribution in [1.82, 2.24) is 16.0 Å². The van der Waals surface area contributed by atoms with Gasteiger partial charge >= 0.3 is 12.0 Å². The standard InChI is InChI=1S/C14H23N3O4/c18-11-5-4-10(17-11)8-15-13(21)16-9-14(12(19)20)6-2-1-3-7-14/h10H,1-9H2,(H,17,18)(H,19,20)(H2,15,16,21). The van der Waals surface area contributed by atoms with Crippen molar-refractivity contribution in [2.75, 3.05) is 13.1 Å². The predicted octanol–water partition coefficient (Wildman–Crippen LogP) is 0.599. The first-order chi connectivity index (χ1) is 10.0. The van der Waals surface area contributed by atoms with E-state index in [9.17, 15) is 19.5 Å². The normalized spacial score (nSPS) is 24.2. The van der Waals surface area contributed by atoms with E-state index in [1.54, 1.807) is 0 Å². The van der Waals surface area contributed by atoms with E-state index in [-0.39, 0.29) is 24.5 Å². The van der Waals surface area contributed by atoms with Crippen LogP contribution in [0.1, 0.15) is 44.9 Å².